The average Bonchev–Trinajstić information content (AvgIpc) is 2.91. The molecule has 202 valence electrons. The summed E-state index contributed by atoms with van der Waals surface area (Å²) in [6, 6.07) is 16.0. The van der Waals surface area contributed by atoms with Crippen LogP contribution < -0.4 is 14.4 Å². The Kier molecular flexibility index (Phi) is 9.89. The summed E-state index contributed by atoms with van der Waals surface area (Å²) in [6.07, 6.45) is 0. The van der Waals surface area contributed by atoms with Crippen molar-refractivity contribution < 1.29 is 22.7 Å². The van der Waals surface area contributed by atoms with Crippen molar-refractivity contribution >= 4 is 62.3 Å². The van der Waals surface area contributed by atoms with Gasteiger partial charge in [0.05, 0.1) is 32.8 Å². The predicted molar refractivity (Wildman–Crippen MR) is 150 cm³/mol. The minimum atomic E-state index is -4.21. The van der Waals surface area contributed by atoms with E-state index in [9.17, 15) is 18.0 Å². The van der Waals surface area contributed by atoms with Gasteiger partial charge in [0.25, 0.3) is 10.0 Å². The Morgan fingerprint density at radius 2 is 1.63 bits per heavy atom. The number of halogens is 3. The van der Waals surface area contributed by atoms with E-state index in [4.69, 9.17) is 39.5 Å². The minimum Gasteiger partial charge on any atom is -0.495 e. The SMILES string of the molecule is CNC(=O)[C@H](C)N(Cc1ccc(Cl)c(Cl)c1)C(=O)CN(c1ccc(OC)c(Cl)c1)S(=O)(=O)c1ccccc1. The van der Waals surface area contributed by atoms with E-state index in [2.05, 4.69) is 5.32 Å². The van der Waals surface area contributed by atoms with Gasteiger partial charge in [0.15, 0.2) is 0 Å². The summed E-state index contributed by atoms with van der Waals surface area (Å²) in [6.45, 7) is 0.921. The lowest BCUT2D eigenvalue weighted by atomic mass is 10.1. The standard InChI is InChI=1S/C26H26Cl3N3O5S/c1-17(26(34)30-2)31(15-18-9-11-21(27)22(28)13-18)25(33)16-32(19-10-12-24(37-3)23(29)14-19)38(35,36)20-7-5-4-6-8-20/h4-14,17H,15-16H2,1-3H3,(H,30,34)/t17-/m0/s1. The van der Waals surface area contributed by atoms with Crippen molar-refractivity contribution in [2.75, 3.05) is 25.0 Å². The van der Waals surface area contributed by atoms with Gasteiger partial charge in [0, 0.05) is 13.6 Å². The summed E-state index contributed by atoms with van der Waals surface area (Å²) in [5, 5.41) is 3.31. The van der Waals surface area contributed by atoms with E-state index in [1.807, 2.05) is 0 Å². The van der Waals surface area contributed by atoms with Crippen LogP contribution in [0.2, 0.25) is 15.1 Å². The number of hydrogen-bond donors (Lipinski definition) is 1. The number of nitrogens with one attached hydrogen (secondary N) is 1. The van der Waals surface area contributed by atoms with Crippen LogP contribution in [0.3, 0.4) is 0 Å². The fraction of sp³-hybridized carbons (Fsp3) is 0.231. The number of rotatable bonds is 10. The van der Waals surface area contributed by atoms with Crippen molar-refractivity contribution in [1.82, 2.24) is 10.2 Å². The Labute approximate surface area is 237 Å². The molecule has 12 heteroatoms. The summed E-state index contributed by atoms with van der Waals surface area (Å²) >= 11 is 18.5. The smallest absolute Gasteiger partial charge is 0.264 e. The molecule has 0 bridgehead atoms. The number of nitrogens with zero attached hydrogens (tertiary/aromatic N) is 2. The van der Waals surface area contributed by atoms with Gasteiger partial charge in [-0.1, -0.05) is 59.1 Å². The lowest BCUT2D eigenvalue weighted by Crippen LogP contribution is -2.50. The van der Waals surface area contributed by atoms with E-state index < -0.39 is 34.4 Å². The van der Waals surface area contributed by atoms with E-state index in [1.54, 1.807) is 43.3 Å². The molecule has 0 aliphatic rings. The maximum Gasteiger partial charge on any atom is 0.264 e. The third kappa shape index (κ3) is 6.71. The highest BCUT2D eigenvalue weighted by Crippen LogP contribution is 2.32. The molecule has 0 unspecified atom stereocenters. The highest BCUT2D eigenvalue weighted by Gasteiger charge is 2.32. The van der Waals surface area contributed by atoms with Crippen LogP contribution in [0.1, 0.15) is 12.5 Å². The number of methoxy groups -OCH3 is 1. The molecular weight excluding hydrogens is 573 g/mol. The fourth-order valence-corrected chi connectivity index (χ4v) is 5.68. The Morgan fingerprint density at radius 3 is 2.21 bits per heavy atom. The molecule has 3 rings (SSSR count). The zero-order valence-electron chi connectivity index (χ0n) is 20.8. The zero-order valence-corrected chi connectivity index (χ0v) is 23.9. The summed E-state index contributed by atoms with van der Waals surface area (Å²) in [5.74, 6) is -0.713. The maximum absolute atomic E-state index is 13.8. The van der Waals surface area contributed by atoms with Crippen LogP contribution in [-0.4, -0.2) is 51.9 Å². The minimum absolute atomic E-state index is 0.0184. The Balaban J connectivity index is 2.06. The van der Waals surface area contributed by atoms with Gasteiger partial charge in [-0.15, -0.1) is 0 Å². The quantitative estimate of drug-likeness (QED) is 0.354. The van der Waals surface area contributed by atoms with Crippen molar-refractivity contribution in [2.45, 2.75) is 24.4 Å². The van der Waals surface area contributed by atoms with Crippen molar-refractivity contribution in [3.63, 3.8) is 0 Å². The van der Waals surface area contributed by atoms with Gasteiger partial charge in [-0.05, 0) is 55.0 Å². The zero-order chi connectivity index (χ0) is 28.0. The van der Waals surface area contributed by atoms with Crippen LogP contribution >= 0.6 is 34.8 Å². The molecule has 0 aromatic heterocycles. The molecule has 38 heavy (non-hydrogen) atoms. The molecule has 1 N–H and O–H groups in total. The summed E-state index contributed by atoms with van der Waals surface area (Å²) < 4.78 is 33.6. The largest absolute Gasteiger partial charge is 0.495 e. The van der Waals surface area contributed by atoms with Crippen molar-refractivity contribution in [1.29, 1.82) is 0 Å². The molecule has 0 aliphatic heterocycles. The van der Waals surface area contributed by atoms with Gasteiger partial charge in [-0.2, -0.15) is 0 Å². The number of carbonyl (C=O) groups excluding carboxylic acids is 2. The molecule has 3 aromatic rings. The number of amides is 2. The van der Waals surface area contributed by atoms with Gasteiger partial charge in [-0.3, -0.25) is 13.9 Å². The fourth-order valence-electron chi connectivity index (χ4n) is 3.69. The second-order valence-corrected chi connectivity index (χ2v) is 11.3. The van der Waals surface area contributed by atoms with Crippen LogP contribution in [0, 0.1) is 0 Å². The highest BCUT2D eigenvalue weighted by atomic mass is 35.5. The maximum atomic E-state index is 13.8. The monoisotopic (exact) mass is 597 g/mol. The first-order chi connectivity index (χ1) is 18.0. The molecule has 0 fully saturated rings. The van der Waals surface area contributed by atoms with Crippen LogP contribution in [0.25, 0.3) is 0 Å². The predicted octanol–water partition coefficient (Wildman–Crippen LogP) is 5.01. The normalized spacial score (nSPS) is 11.9. The lowest BCUT2D eigenvalue weighted by molar-refractivity contribution is -0.139. The Bertz CT molecular complexity index is 1420. The Morgan fingerprint density at radius 1 is 0.947 bits per heavy atom. The van der Waals surface area contributed by atoms with Gasteiger partial charge in [0.1, 0.15) is 18.3 Å². The van der Waals surface area contributed by atoms with Crippen molar-refractivity contribution in [3.8, 4) is 5.75 Å². The van der Waals surface area contributed by atoms with E-state index in [0.717, 1.165) is 4.31 Å². The third-order valence-electron chi connectivity index (χ3n) is 5.78. The first-order valence-electron chi connectivity index (χ1n) is 11.4. The molecular formula is C26H26Cl3N3O5S. The number of anilines is 1. The molecule has 0 radical (unpaired) electrons. The number of ether oxygens (including phenoxy) is 1. The number of likely N-dealkylation sites (N-methyl/N-ethyl adjacent to an activating group) is 1. The molecule has 8 nitrogen and oxygen atoms in total. The summed E-state index contributed by atoms with van der Waals surface area (Å²) in [7, 11) is -1.32. The van der Waals surface area contributed by atoms with Crippen LogP contribution in [0.15, 0.2) is 71.6 Å². The molecule has 0 saturated carbocycles. The van der Waals surface area contributed by atoms with E-state index in [1.165, 1.54) is 49.4 Å². The second kappa shape index (κ2) is 12.7. The van der Waals surface area contributed by atoms with Crippen LogP contribution in [0.4, 0.5) is 5.69 Å². The summed E-state index contributed by atoms with van der Waals surface area (Å²) in [5.41, 5.74) is 0.753. The average molecular weight is 599 g/mol. The van der Waals surface area contributed by atoms with E-state index in [0.29, 0.717) is 16.3 Å². The highest BCUT2D eigenvalue weighted by molar-refractivity contribution is 7.92. The second-order valence-electron chi connectivity index (χ2n) is 8.20. The molecule has 3 aromatic carbocycles. The number of benzene rings is 3. The first-order valence-corrected chi connectivity index (χ1v) is 13.9. The molecule has 0 saturated heterocycles. The van der Waals surface area contributed by atoms with E-state index >= 15 is 0 Å². The third-order valence-corrected chi connectivity index (χ3v) is 8.61. The van der Waals surface area contributed by atoms with Crippen molar-refractivity contribution in [3.05, 3.63) is 87.4 Å². The summed E-state index contributed by atoms with van der Waals surface area (Å²) in [4.78, 5) is 27.6. The van der Waals surface area contributed by atoms with Crippen LogP contribution in [0.5, 0.6) is 5.75 Å². The van der Waals surface area contributed by atoms with Gasteiger partial charge in [-0.25, -0.2) is 8.42 Å². The topological polar surface area (TPSA) is 96.0 Å². The van der Waals surface area contributed by atoms with E-state index in [-0.39, 0.29) is 27.2 Å². The molecule has 0 aliphatic carbocycles. The Hall–Kier alpha value is -2.98. The molecule has 2 amide bonds. The number of hydrogen-bond acceptors (Lipinski definition) is 5. The number of sulfonamides is 1. The first kappa shape index (κ1) is 29.6. The lowest BCUT2D eigenvalue weighted by Gasteiger charge is -2.32. The van der Waals surface area contributed by atoms with Gasteiger partial charge in [0.2, 0.25) is 11.8 Å². The van der Waals surface area contributed by atoms with Crippen molar-refractivity contribution in [2.24, 2.45) is 0 Å². The molecule has 0 spiro atoms. The molecule has 0 heterocycles. The number of carbonyl (C=O) groups is 2. The molecule has 1 atom stereocenters. The van der Waals surface area contributed by atoms with Gasteiger partial charge >= 0.3 is 0 Å². The van der Waals surface area contributed by atoms with Gasteiger partial charge < -0.3 is 15.0 Å². The van der Waals surface area contributed by atoms with Crippen LogP contribution in [-0.2, 0) is 26.2 Å².